The molecule has 2 aliphatic heterocycles. The fraction of sp³-hybridized carbons (Fsp3) is 0.400. The van der Waals surface area contributed by atoms with Gasteiger partial charge < -0.3 is 40.0 Å². The normalized spacial score (nSPS) is 15.1. The van der Waals surface area contributed by atoms with Gasteiger partial charge in [0.2, 0.25) is 0 Å². The number of carbonyl (C=O) groups is 3. The van der Waals surface area contributed by atoms with Gasteiger partial charge >= 0.3 is 12.0 Å². The Balaban J connectivity index is 1.26. The highest BCUT2D eigenvalue weighted by atomic mass is 16.5. The van der Waals surface area contributed by atoms with Crippen LogP contribution in [0.1, 0.15) is 34.1 Å². The summed E-state index contributed by atoms with van der Waals surface area (Å²) >= 11 is 0. The molecule has 0 unspecified atom stereocenters. The lowest BCUT2D eigenvalue weighted by Crippen LogP contribution is -2.47. The number of hydrogen-bond acceptors (Lipinski definition) is 9. The number of benzene rings is 3. The third kappa shape index (κ3) is 9.14. The first-order valence-electron chi connectivity index (χ1n) is 16.2. The lowest BCUT2D eigenvalue weighted by molar-refractivity contribution is 0.0374. The van der Waals surface area contributed by atoms with Crippen molar-refractivity contribution in [2.24, 2.45) is 0 Å². The lowest BCUT2D eigenvalue weighted by Gasteiger charge is -2.38. The molecule has 5 rings (SSSR count). The second-order valence-corrected chi connectivity index (χ2v) is 11.3. The summed E-state index contributed by atoms with van der Waals surface area (Å²) in [6.45, 7) is 9.71. The molecule has 0 atom stereocenters. The van der Waals surface area contributed by atoms with Gasteiger partial charge in [0, 0.05) is 62.9 Å². The van der Waals surface area contributed by atoms with Crippen molar-refractivity contribution in [2.45, 2.75) is 13.3 Å². The summed E-state index contributed by atoms with van der Waals surface area (Å²) in [5.41, 5.74) is 3.76. The van der Waals surface area contributed by atoms with E-state index in [-0.39, 0.29) is 12.5 Å². The van der Waals surface area contributed by atoms with Crippen LogP contribution in [-0.4, -0.2) is 102 Å². The first kappa shape index (κ1) is 33.6. The van der Waals surface area contributed by atoms with E-state index >= 15 is 0 Å². The van der Waals surface area contributed by atoms with Crippen molar-refractivity contribution in [1.29, 1.82) is 0 Å². The highest BCUT2D eigenvalue weighted by Crippen LogP contribution is 2.31. The number of para-hydroxylation sites is 2. The average Bonchev–Trinajstić information content (AvgIpc) is 3.11. The van der Waals surface area contributed by atoms with Gasteiger partial charge in [-0.3, -0.25) is 9.69 Å². The van der Waals surface area contributed by atoms with Crippen LogP contribution >= 0.6 is 0 Å². The molecule has 3 amide bonds. The number of morpholine rings is 1. The first-order valence-corrected chi connectivity index (χ1v) is 16.2. The number of ether oxygens (including phenoxy) is 3. The lowest BCUT2D eigenvalue weighted by atomic mass is 10.1. The van der Waals surface area contributed by atoms with Crippen molar-refractivity contribution in [3.63, 3.8) is 0 Å². The van der Waals surface area contributed by atoms with Crippen molar-refractivity contribution in [2.75, 3.05) is 99.7 Å². The number of rotatable bonds is 12. The Morgan fingerprint density at radius 1 is 0.809 bits per heavy atom. The number of nitrogens with one attached hydrogen (secondary N) is 3. The molecular formula is C35H44N6O6. The van der Waals surface area contributed by atoms with Crippen molar-refractivity contribution >= 4 is 40.7 Å². The average molecular weight is 645 g/mol. The Kier molecular flexibility index (Phi) is 11.9. The molecule has 47 heavy (non-hydrogen) atoms. The molecule has 0 bridgehead atoms. The van der Waals surface area contributed by atoms with Crippen LogP contribution < -0.4 is 30.5 Å². The first-order chi connectivity index (χ1) is 22.9. The highest BCUT2D eigenvalue weighted by Gasteiger charge is 2.24. The molecule has 12 heteroatoms. The smallest absolute Gasteiger partial charge is 0.338 e. The van der Waals surface area contributed by atoms with Gasteiger partial charge in [-0.15, -0.1) is 0 Å². The van der Waals surface area contributed by atoms with Gasteiger partial charge in [0.1, 0.15) is 5.75 Å². The molecular weight excluding hydrogens is 600 g/mol. The van der Waals surface area contributed by atoms with Crippen LogP contribution in [0.15, 0.2) is 66.7 Å². The summed E-state index contributed by atoms with van der Waals surface area (Å²) in [5, 5.41) is 8.71. The standard InChI is InChI=1S/C35H44N6O6/c1-3-47-34(43)26-9-11-27(12-10-26)37-35(44)38-28-13-14-30(29(25-28)33(42)36-15-6-16-39-21-23-46-24-22-39)40-17-19-41(20-18-40)31-7-4-5-8-32(31)45-2/h4-5,7-14,25H,3,6,15-24H2,1-2H3,(H,36,42)(H2,37,38,44). The zero-order valence-electron chi connectivity index (χ0n) is 27.1. The molecule has 12 nitrogen and oxygen atoms in total. The number of anilines is 4. The minimum absolute atomic E-state index is 0.187. The van der Waals surface area contributed by atoms with E-state index in [1.54, 1.807) is 50.4 Å². The number of nitrogens with zero attached hydrogens (tertiary/aromatic N) is 3. The molecule has 250 valence electrons. The van der Waals surface area contributed by atoms with Crippen LogP contribution in [0.2, 0.25) is 0 Å². The molecule has 0 spiro atoms. The quantitative estimate of drug-likeness (QED) is 0.196. The van der Waals surface area contributed by atoms with E-state index in [1.165, 1.54) is 0 Å². The second kappa shape index (κ2) is 16.7. The number of piperazine rings is 1. The summed E-state index contributed by atoms with van der Waals surface area (Å²) in [6.07, 6.45) is 0.827. The Hall–Kier alpha value is -4.81. The Morgan fingerprint density at radius 2 is 1.47 bits per heavy atom. The summed E-state index contributed by atoms with van der Waals surface area (Å²) in [7, 11) is 1.68. The van der Waals surface area contributed by atoms with Crippen molar-refractivity contribution in [1.82, 2.24) is 10.2 Å². The van der Waals surface area contributed by atoms with Gasteiger partial charge in [0.25, 0.3) is 5.91 Å². The topological polar surface area (TPSA) is 125 Å². The summed E-state index contributed by atoms with van der Waals surface area (Å²) < 4.78 is 16.0. The van der Waals surface area contributed by atoms with Gasteiger partial charge in [0.15, 0.2) is 0 Å². The molecule has 3 N–H and O–H groups in total. The van der Waals surface area contributed by atoms with Crippen LogP contribution in [0.4, 0.5) is 27.5 Å². The molecule has 0 aromatic heterocycles. The number of carbonyl (C=O) groups excluding carboxylic acids is 3. The summed E-state index contributed by atoms with van der Waals surface area (Å²) in [6, 6.07) is 19.4. The second-order valence-electron chi connectivity index (χ2n) is 11.3. The molecule has 2 fully saturated rings. The Labute approximate surface area is 275 Å². The predicted molar refractivity (Wildman–Crippen MR) is 183 cm³/mol. The molecule has 3 aromatic carbocycles. The third-order valence-corrected chi connectivity index (χ3v) is 8.24. The molecule has 0 radical (unpaired) electrons. The molecule has 3 aromatic rings. The van der Waals surface area contributed by atoms with E-state index in [0.29, 0.717) is 42.1 Å². The number of urea groups is 1. The fourth-order valence-corrected chi connectivity index (χ4v) is 5.77. The van der Waals surface area contributed by atoms with Crippen LogP contribution in [0, 0.1) is 0 Å². The molecule has 2 aliphatic rings. The van der Waals surface area contributed by atoms with Crippen LogP contribution in [0.5, 0.6) is 5.75 Å². The predicted octanol–water partition coefficient (Wildman–Crippen LogP) is 4.29. The number of esters is 1. The Bertz CT molecular complexity index is 1500. The molecule has 2 heterocycles. The van der Waals surface area contributed by atoms with Crippen LogP contribution in [-0.2, 0) is 9.47 Å². The van der Waals surface area contributed by atoms with E-state index in [0.717, 1.165) is 69.5 Å². The SMILES string of the molecule is CCOC(=O)c1ccc(NC(=O)Nc2ccc(N3CCN(c4ccccc4OC)CC3)c(C(=O)NCCCN3CCOCC3)c2)cc1. The van der Waals surface area contributed by atoms with Crippen LogP contribution in [0.25, 0.3) is 0 Å². The van der Waals surface area contributed by atoms with E-state index < -0.39 is 12.0 Å². The van der Waals surface area contributed by atoms with Crippen molar-refractivity contribution in [3.8, 4) is 5.75 Å². The highest BCUT2D eigenvalue weighted by molar-refractivity contribution is 6.04. The van der Waals surface area contributed by atoms with E-state index in [9.17, 15) is 14.4 Å². The molecule has 0 aliphatic carbocycles. The number of hydrogen-bond donors (Lipinski definition) is 3. The van der Waals surface area contributed by atoms with Crippen molar-refractivity contribution < 1.29 is 28.6 Å². The molecule has 2 saturated heterocycles. The van der Waals surface area contributed by atoms with Gasteiger partial charge in [-0.2, -0.15) is 0 Å². The van der Waals surface area contributed by atoms with E-state index in [2.05, 4.69) is 36.7 Å². The van der Waals surface area contributed by atoms with Gasteiger partial charge in [-0.1, -0.05) is 12.1 Å². The largest absolute Gasteiger partial charge is 0.495 e. The summed E-state index contributed by atoms with van der Waals surface area (Å²) in [5.74, 6) is 0.228. The van der Waals surface area contributed by atoms with E-state index in [4.69, 9.17) is 14.2 Å². The van der Waals surface area contributed by atoms with E-state index in [1.807, 2.05) is 24.3 Å². The minimum Gasteiger partial charge on any atom is -0.495 e. The van der Waals surface area contributed by atoms with Gasteiger partial charge in [-0.25, -0.2) is 9.59 Å². The van der Waals surface area contributed by atoms with Gasteiger partial charge in [0.05, 0.1) is 43.7 Å². The van der Waals surface area contributed by atoms with Crippen LogP contribution in [0.3, 0.4) is 0 Å². The maximum absolute atomic E-state index is 13.6. The third-order valence-electron chi connectivity index (χ3n) is 8.24. The zero-order chi connectivity index (χ0) is 33.0. The zero-order valence-corrected chi connectivity index (χ0v) is 27.1. The number of amides is 3. The minimum atomic E-state index is -0.469. The van der Waals surface area contributed by atoms with Gasteiger partial charge in [-0.05, 0) is 74.5 Å². The summed E-state index contributed by atoms with van der Waals surface area (Å²) in [4.78, 5) is 45.3. The maximum Gasteiger partial charge on any atom is 0.338 e. The fourth-order valence-electron chi connectivity index (χ4n) is 5.77. The van der Waals surface area contributed by atoms with Crippen molar-refractivity contribution in [3.05, 3.63) is 77.9 Å². The Morgan fingerprint density at radius 3 is 2.17 bits per heavy atom. The maximum atomic E-state index is 13.6. The number of methoxy groups -OCH3 is 1. The monoisotopic (exact) mass is 644 g/mol. The molecule has 0 saturated carbocycles.